The number of carbonyl (C=O) groups is 3. The Morgan fingerprint density at radius 1 is 1.09 bits per heavy atom. The van der Waals surface area contributed by atoms with Crippen LogP contribution in [0.5, 0.6) is 11.5 Å². The van der Waals surface area contributed by atoms with Crippen LogP contribution in [0.25, 0.3) is 0 Å². The highest BCUT2D eigenvalue weighted by Crippen LogP contribution is 2.51. The highest BCUT2D eigenvalue weighted by molar-refractivity contribution is 6.09. The van der Waals surface area contributed by atoms with Crippen LogP contribution in [0.4, 0.5) is 0 Å². The van der Waals surface area contributed by atoms with E-state index in [1.54, 1.807) is 19.2 Å². The minimum absolute atomic E-state index is 0.104. The highest BCUT2D eigenvalue weighted by Gasteiger charge is 2.66. The number of carbonyl (C=O) groups excluding carboxylic acids is 2. The zero-order valence-electron chi connectivity index (χ0n) is 18.4. The molecule has 8 nitrogen and oxygen atoms in total. The molecule has 4 unspecified atom stereocenters. The molecule has 2 N–H and O–H groups in total. The lowest BCUT2D eigenvalue weighted by Crippen LogP contribution is -2.53. The van der Waals surface area contributed by atoms with Crippen molar-refractivity contribution in [1.29, 1.82) is 0 Å². The Labute approximate surface area is 186 Å². The zero-order chi connectivity index (χ0) is 23.2. The molecule has 168 valence electrons. The van der Waals surface area contributed by atoms with Crippen molar-refractivity contribution in [3.8, 4) is 11.5 Å². The number of carboxylic acid groups (broad SMARTS) is 1. The Morgan fingerprint density at radius 2 is 1.78 bits per heavy atom. The molecule has 0 aromatic heterocycles. The number of carboxylic acids is 1. The minimum atomic E-state index is -1.60. The number of imide groups is 1. The maximum absolute atomic E-state index is 13.5. The second-order valence-electron chi connectivity index (χ2n) is 8.40. The molecule has 2 aromatic carbocycles. The first-order valence-corrected chi connectivity index (χ1v) is 10.4. The zero-order valence-corrected chi connectivity index (χ0v) is 18.4. The summed E-state index contributed by atoms with van der Waals surface area (Å²) in [5.74, 6) is -2.84. The monoisotopic (exact) mass is 438 g/mol. The van der Waals surface area contributed by atoms with E-state index in [0.717, 1.165) is 11.1 Å². The molecule has 2 aliphatic rings. The highest BCUT2D eigenvalue weighted by atomic mass is 16.5. The van der Waals surface area contributed by atoms with Gasteiger partial charge in [-0.15, -0.1) is 0 Å². The summed E-state index contributed by atoms with van der Waals surface area (Å²) in [7, 11) is 3.06. The summed E-state index contributed by atoms with van der Waals surface area (Å²) < 4.78 is 11.0. The van der Waals surface area contributed by atoms with Crippen molar-refractivity contribution in [2.24, 2.45) is 11.8 Å². The minimum Gasteiger partial charge on any atom is -0.496 e. The molecule has 0 aliphatic carbocycles. The van der Waals surface area contributed by atoms with Gasteiger partial charge in [-0.1, -0.05) is 36.4 Å². The molecule has 0 bridgehead atoms. The van der Waals surface area contributed by atoms with Gasteiger partial charge in [-0.05, 0) is 25.5 Å². The molecule has 2 saturated heterocycles. The Kier molecular flexibility index (Phi) is 5.42. The summed E-state index contributed by atoms with van der Waals surface area (Å²) in [5.41, 5.74) is 0.543. The molecule has 8 heteroatoms. The van der Waals surface area contributed by atoms with Crippen molar-refractivity contribution in [3.05, 3.63) is 59.2 Å². The van der Waals surface area contributed by atoms with Gasteiger partial charge >= 0.3 is 5.97 Å². The Bertz CT molecular complexity index is 1090. The summed E-state index contributed by atoms with van der Waals surface area (Å²) in [6, 6.07) is 12.0. The van der Waals surface area contributed by atoms with E-state index >= 15 is 0 Å². The summed E-state index contributed by atoms with van der Waals surface area (Å²) in [6.07, 6.45) is 0. The fourth-order valence-electron chi connectivity index (χ4n) is 5.02. The number of hydrogen-bond acceptors (Lipinski definition) is 6. The summed E-state index contributed by atoms with van der Waals surface area (Å²) in [6.45, 7) is 3.40. The fourth-order valence-corrected chi connectivity index (χ4v) is 5.02. The molecule has 0 saturated carbocycles. The van der Waals surface area contributed by atoms with Gasteiger partial charge in [0.15, 0.2) is 0 Å². The van der Waals surface area contributed by atoms with E-state index in [0.29, 0.717) is 17.1 Å². The molecule has 4 rings (SSSR count). The number of fused-ring (bicyclic) bond motifs is 1. The molecule has 2 aliphatic heterocycles. The number of benzene rings is 2. The van der Waals surface area contributed by atoms with E-state index < -0.39 is 35.3 Å². The van der Waals surface area contributed by atoms with Crippen molar-refractivity contribution in [3.63, 3.8) is 0 Å². The number of rotatable bonds is 6. The maximum Gasteiger partial charge on any atom is 0.324 e. The van der Waals surface area contributed by atoms with Gasteiger partial charge in [0.05, 0.1) is 32.6 Å². The summed E-state index contributed by atoms with van der Waals surface area (Å²) in [5, 5.41) is 13.1. The molecular weight excluding hydrogens is 412 g/mol. The lowest BCUT2D eigenvalue weighted by molar-refractivity contribution is -0.150. The SMILES string of the molecule is COc1ccc(C2NC(C)(C(=O)O)C3C(=O)N(Cc4ccccc4)C(=O)C23)c(OC)c1C. The third kappa shape index (κ3) is 3.14. The summed E-state index contributed by atoms with van der Waals surface area (Å²) in [4.78, 5) is 40.4. The van der Waals surface area contributed by atoms with Gasteiger partial charge in [-0.25, -0.2) is 0 Å². The van der Waals surface area contributed by atoms with Crippen LogP contribution in [-0.2, 0) is 20.9 Å². The van der Waals surface area contributed by atoms with E-state index in [1.165, 1.54) is 18.9 Å². The first-order chi connectivity index (χ1) is 15.2. The number of methoxy groups -OCH3 is 2. The predicted molar refractivity (Wildman–Crippen MR) is 115 cm³/mol. The van der Waals surface area contributed by atoms with Crippen molar-refractivity contribution in [1.82, 2.24) is 10.2 Å². The predicted octanol–water partition coefficient (Wildman–Crippen LogP) is 2.30. The third-order valence-corrected chi connectivity index (χ3v) is 6.65. The van der Waals surface area contributed by atoms with Crippen LogP contribution in [-0.4, -0.2) is 47.5 Å². The number of ether oxygens (including phenoxy) is 2. The average molecular weight is 438 g/mol. The standard InChI is InChI=1S/C24H26N2O6/c1-13-16(31-3)11-10-15(20(13)32-4)19-17-18(24(2,25-19)23(29)30)22(28)26(21(17)27)12-14-8-6-5-7-9-14/h5-11,17-19,25H,12H2,1-4H3,(H,29,30). The Balaban J connectivity index is 1.80. The van der Waals surface area contributed by atoms with Crippen LogP contribution in [0.1, 0.15) is 29.7 Å². The smallest absolute Gasteiger partial charge is 0.324 e. The van der Waals surface area contributed by atoms with Gasteiger partial charge < -0.3 is 14.6 Å². The van der Waals surface area contributed by atoms with Gasteiger partial charge in [0.1, 0.15) is 17.0 Å². The first kappa shape index (κ1) is 21.8. The summed E-state index contributed by atoms with van der Waals surface area (Å²) >= 11 is 0. The maximum atomic E-state index is 13.5. The van der Waals surface area contributed by atoms with Gasteiger partial charge in [-0.3, -0.25) is 24.6 Å². The van der Waals surface area contributed by atoms with Crippen molar-refractivity contribution in [2.45, 2.75) is 32.0 Å². The molecule has 2 amide bonds. The van der Waals surface area contributed by atoms with Crippen molar-refractivity contribution >= 4 is 17.8 Å². The lowest BCUT2D eigenvalue weighted by atomic mass is 9.80. The molecule has 2 heterocycles. The molecule has 0 radical (unpaired) electrons. The molecular formula is C24H26N2O6. The first-order valence-electron chi connectivity index (χ1n) is 10.4. The van der Waals surface area contributed by atoms with Crippen molar-refractivity contribution in [2.75, 3.05) is 14.2 Å². The second-order valence-corrected chi connectivity index (χ2v) is 8.40. The number of hydrogen-bond donors (Lipinski definition) is 2. The van der Waals surface area contributed by atoms with E-state index in [1.807, 2.05) is 37.3 Å². The molecule has 2 fully saturated rings. The number of nitrogens with zero attached hydrogens (tertiary/aromatic N) is 1. The number of nitrogens with one attached hydrogen (secondary N) is 1. The number of likely N-dealkylation sites (tertiary alicyclic amines) is 1. The fraction of sp³-hybridized carbons (Fsp3) is 0.375. The van der Waals surface area contributed by atoms with Crippen LogP contribution < -0.4 is 14.8 Å². The van der Waals surface area contributed by atoms with Gasteiger partial charge in [0.25, 0.3) is 0 Å². The Morgan fingerprint density at radius 3 is 2.38 bits per heavy atom. The normalized spacial score (nSPS) is 26.9. The van der Waals surface area contributed by atoms with Gasteiger partial charge in [0, 0.05) is 17.2 Å². The quantitative estimate of drug-likeness (QED) is 0.667. The van der Waals surface area contributed by atoms with Gasteiger partial charge in [0.2, 0.25) is 11.8 Å². The van der Waals surface area contributed by atoms with Crippen LogP contribution in [0.2, 0.25) is 0 Å². The van der Waals surface area contributed by atoms with Crippen LogP contribution >= 0.6 is 0 Å². The topological polar surface area (TPSA) is 105 Å². The molecule has 2 aromatic rings. The lowest BCUT2D eigenvalue weighted by Gasteiger charge is -2.28. The van der Waals surface area contributed by atoms with Crippen LogP contribution in [0, 0.1) is 18.8 Å². The van der Waals surface area contributed by atoms with E-state index in [-0.39, 0.29) is 12.5 Å². The van der Waals surface area contributed by atoms with Crippen LogP contribution in [0.15, 0.2) is 42.5 Å². The van der Waals surface area contributed by atoms with Gasteiger partial charge in [-0.2, -0.15) is 0 Å². The van der Waals surface area contributed by atoms with E-state index in [9.17, 15) is 19.5 Å². The van der Waals surface area contributed by atoms with Crippen molar-refractivity contribution < 1.29 is 29.0 Å². The Hall–Kier alpha value is -3.39. The molecule has 32 heavy (non-hydrogen) atoms. The van der Waals surface area contributed by atoms with E-state index in [2.05, 4.69) is 5.32 Å². The van der Waals surface area contributed by atoms with Crippen LogP contribution in [0.3, 0.4) is 0 Å². The number of aliphatic carboxylic acids is 1. The third-order valence-electron chi connectivity index (χ3n) is 6.65. The second kappa shape index (κ2) is 7.94. The largest absolute Gasteiger partial charge is 0.496 e. The molecule has 0 spiro atoms. The molecule has 4 atom stereocenters. The number of amides is 2. The average Bonchev–Trinajstić information content (AvgIpc) is 3.23. The van der Waals surface area contributed by atoms with E-state index in [4.69, 9.17) is 9.47 Å².